The Bertz CT molecular complexity index is 1250. The van der Waals surface area contributed by atoms with E-state index < -0.39 is 0 Å². The molecular formula is C28H31N3. The lowest BCUT2D eigenvalue weighted by atomic mass is 9.91. The van der Waals surface area contributed by atoms with Crippen LogP contribution in [0, 0.1) is 6.92 Å². The minimum absolute atomic E-state index is 0.429. The Morgan fingerprint density at radius 3 is 2.19 bits per heavy atom. The molecule has 1 atom stereocenters. The summed E-state index contributed by atoms with van der Waals surface area (Å²) in [6.45, 7) is 4.69. The zero-order valence-electron chi connectivity index (χ0n) is 18.8. The Balaban J connectivity index is 1.60. The van der Waals surface area contributed by atoms with Gasteiger partial charge in [-0.25, -0.2) is 0 Å². The fourth-order valence-corrected chi connectivity index (χ4v) is 6.19. The van der Waals surface area contributed by atoms with Gasteiger partial charge < -0.3 is 9.47 Å². The van der Waals surface area contributed by atoms with Crippen LogP contribution in [0.4, 0.5) is 5.69 Å². The second-order valence-corrected chi connectivity index (χ2v) is 9.51. The number of aromatic nitrogens is 1. The van der Waals surface area contributed by atoms with E-state index in [1.165, 1.54) is 64.4 Å². The lowest BCUT2D eigenvalue weighted by molar-refractivity contribution is 0.184. The van der Waals surface area contributed by atoms with E-state index in [4.69, 9.17) is 0 Å². The van der Waals surface area contributed by atoms with Gasteiger partial charge >= 0.3 is 0 Å². The molecule has 1 unspecified atom stereocenters. The van der Waals surface area contributed by atoms with Crippen molar-refractivity contribution in [3.63, 3.8) is 0 Å². The van der Waals surface area contributed by atoms with Crippen molar-refractivity contribution < 1.29 is 0 Å². The van der Waals surface area contributed by atoms with E-state index >= 15 is 0 Å². The maximum atomic E-state index is 2.73. The van der Waals surface area contributed by atoms with Crippen LogP contribution < -0.4 is 4.90 Å². The monoisotopic (exact) mass is 409 g/mol. The van der Waals surface area contributed by atoms with Gasteiger partial charge in [-0.15, -0.1) is 0 Å². The fraction of sp³-hybridized carbons (Fsp3) is 0.357. The minimum atomic E-state index is 0.429. The number of rotatable bonds is 2. The molecule has 0 amide bonds. The summed E-state index contributed by atoms with van der Waals surface area (Å²) in [6.07, 6.45) is 5.71. The topological polar surface area (TPSA) is 11.4 Å². The van der Waals surface area contributed by atoms with Crippen LogP contribution in [-0.2, 0) is 0 Å². The van der Waals surface area contributed by atoms with Crippen LogP contribution in [-0.4, -0.2) is 34.8 Å². The van der Waals surface area contributed by atoms with E-state index in [0.29, 0.717) is 12.2 Å². The quantitative estimate of drug-likeness (QED) is 0.374. The molecule has 3 fully saturated rings. The number of anilines is 1. The Morgan fingerprint density at radius 1 is 0.742 bits per heavy atom. The first-order valence-corrected chi connectivity index (χ1v) is 11.7. The summed E-state index contributed by atoms with van der Waals surface area (Å²) >= 11 is 0. The number of aryl methyl sites for hydroxylation is 1. The molecule has 3 aliphatic rings. The number of para-hydroxylation sites is 2. The zero-order valence-corrected chi connectivity index (χ0v) is 18.8. The standard InChI is InChI=1S/C28H31N3/c1-19-17-28-25(18-27(19)30-20(2)29(3)21-13-15-23(30)16-14-21)24-11-7-8-12-26(24)31(28)22-9-5-4-6-10-22/h4-12,17-18,20-21,23H,13-16H2,1-3H3. The highest BCUT2D eigenvalue weighted by molar-refractivity contribution is 6.10. The summed E-state index contributed by atoms with van der Waals surface area (Å²) in [7, 11) is 2.32. The van der Waals surface area contributed by atoms with Crippen molar-refractivity contribution in [2.45, 2.75) is 57.8 Å². The number of benzene rings is 3. The molecule has 0 spiro atoms. The molecular weight excluding hydrogens is 378 g/mol. The van der Waals surface area contributed by atoms with Gasteiger partial charge in [-0.05, 0) is 82.5 Å². The van der Waals surface area contributed by atoms with Gasteiger partial charge in [0, 0.05) is 34.2 Å². The van der Waals surface area contributed by atoms with E-state index in [2.05, 4.69) is 102 Å². The third-order valence-electron chi connectivity index (χ3n) is 7.91. The minimum Gasteiger partial charge on any atom is -0.353 e. The van der Waals surface area contributed by atoms with Crippen LogP contribution >= 0.6 is 0 Å². The molecule has 3 aromatic carbocycles. The van der Waals surface area contributed by atoms with Crippen molar-refractivity contribution in [2.75, 3.05) is 11.9 Å². The first-order valence-electron chi connectivity index (χ1n) is 11.7. The molecule has 2 saturated heterocycles. The lowest BCUT2D eigenvalue weighted by Gasteiger charge is -2.39. The average Bonchev–Trinajstić information content (AvgIpc) is 3.01. The van der Waals surface area contributed by atoms with Crippen molar-refractivity contribution in [2.24, 2.45) is 0 Å². The molecule has 3 heterocycles. The SMILES string of the molecule is Cc1cc2c(cc1N1C3CCC(CC3)N(C)C1C)c1ccccc1n2-c1ccccc1. The van der Waals surface area contributed by atoms with Crippen molar-refractivity contribution in [3.05, 3.63) is 72.3 Å². The summed E-state index contributed by atoms with van der Waals surface area (Å²) in [6, 6.07) is 25.9. The van der Waals surface area contributed by atoms with Crippen LogP contribution in [0.3, 0.4) is 0 Å². The highest BCUT2D eigenvalue weighted by atomic mass is 15.4. The zero-order chi connectivity index (χ0) is 21.1. The van der Waals surface area contributed by atoms with E-state index in [9.17, 15) is 0 Å². The fourth-order valence-electron chi connectivity index (χ4n) is 6.19. The summed E-state index contributed by atoms with van der Waals surface area (Å²) in [5.74, 6) is 0. The second kappa shape index (κ2) is 7.13. The molecule has 2 bridgehead atoms. The molecule has 0 radical (unpaired) electrons. The van der Waals surface area contributed by atoms with Crippen molar-refractivity contribution in [1.82, 2.24) is 9.47 Å². The lowest BCUT2D eigenvalue weighted by Crippen LogP contribution is -2.47. The van der Waals surface area contributed by atoms with Crippen LogP contribution in [0.2, 0.25) is 0 Å². The number of nitrogens with zero attached hydrogens (tertiary/aromatic N) is 3. The van der Waals surface area contributed by atoms with E-state index in [0.717, 1.165) is 6.04 Å². The highest BCUT2D eigenvalue weighted by Crippen LogP contribution is 2.41. The highest BCUT2D eigenvalue weighted by Gasteiger charge is 2.38. The summed E-state index contributed by atoms with van der Waals surface area (Å²) in [4.78, 5) is 5.35. The first-order chi connectivity index (χ1) is 15.1. The Labute approximate surface area is 184 Å². The predicted molar refractivity (Wildman–Crippen MR) is 131 cm³/mol. The maximum absolute atomic E-state index is 2.73. The number of hydrogen-bond donors (Lipinski definition) is 0. The molecule has 0 N–H and O–H groups in total. The van der Waals surface area contributed by atoms with Gasteiger partial charge in [0.15, 0.2) is 0 Å². The van der Waals surface area contributed by atoms with Gasteiger partial charge in [-0.3, -0.25) is 4.90 Å². The summed E-state index contributed by atoms with van der Waals surface area (Å²) in [5.41, 5.74) is 6.59. The maximum Gasteiger partial charge on any atom is 0.0795 e. The predicted octanol–water partition coefficient (Wildman–Crippen LogP) is 6.50. The van der Waals surface area contributed by atoms with E-state index in [-0.39, 0.29) is 0 Å². The van der Waals surface area contributed by atoms with Gasteiger partial charge in [0.05, 0.1) is 17.2 Å². The van der Waals surface area contributed by atoms with Crippen molar-refractivity contribution in [1.29, 1.82) is 0 Å². The first kappa shape index (κ1) is 18.9. The molecule has 3 heteroatoms. The van der Waals surface area contributed by atoms with Gasteiger partial charge in [0.1, 0.15) is 0 Å². The molecule has 31 heavy (non-hydrogen) atoms. The third kappa shape index (κ3) is 2.83. The van der Waals surface area contributed by atoms with Gasteiger partial charge in [-0.2, -0.15) is 0 Å². The van der Waals surface area contributed by atoms with Crippen LogP contribution in [0.5, 0.6) is 0 Å². The van der Waals surface area contributed by atoms with Crippen LogP contribution in [0.25, 0.3) is 27.5 Å². The van der Waals surface area contributed by atoms with Crippen molar-refractivity contribution >= 4 is 27.5 Å². The largest absolute Gasteiger partial charge is 0.353 e. The third-order valence-corrected chi connectivity index (χ3v) is 7.91. The summed E-state index contributed by atoms with van der Waals surface area (Å²) in [5, 5.41) is 2.69. The van der Waals surface area contributed by atoms with Gasteiger partial charge in [-0.1, -0.05) is 36.4 Å². The van der Waals surface area contributed by atoms with Gasteiger partial charge in [0.2, 0.25) is 0 Å². The smallest absolute Gasteiger partial charge is 0.0795 e. The molecule has 2 aliphatic heterocycles. The van der Waals surface area contributed by atoms with Crippen LogP contribution in [0.1, 0.15) is 38.2 Å². The average molecular weight is 410 g/mol. The van der Waals surface area contributed by atoms with E-state index in [1.54, 1.807) is 0 Å². The van der Waals surface area contributed by atoms with E-state index in [1.807, 2.05) is 0 Å². The molecule has 158 valence electrons. The molecule has 1 saturated carbocycles. The molecule has 3 nitrogen and oxygen atoms in total. The Hall–Kier alpha value is -2.78. The van der Waals surface area contributed by atoms with Crippen LogP contribution in [0.15, 0.2) is 66.7 Å². The van der Waals surface area contributed by atoms with Crippen molar-refractivity contribution in [3.8, 4) is 5.69 Å². The number of hydrogen-bond acceptors (Lipinski definition) is 2. The summed E-state index contributed by atoms with van der Waals surface area (Å²) < 4.78 is 2.42. The van der Waals surface area contributed by atoms with Gasteiger partial charge in [0.25, 0.3) is 0 Å². The Morgan fingerprint density at radius 2 is 1.42 bits per heavy atom. The molecule has 1 aromatic heterocycles. The number of fused-ring (bicyclic) bond motifs is 7. The normalized spacial score (nSPS) is 24.2. The second-order valence-electron chi connectivity index (χ2n) is 9.51. The molecule has 4 aromatic rings. The Kier molecular flexibility index (Phi) is 4.36. The molecule has 1 aliphatic carbocycles. The molecule has 7 rings (SSSR count).